The van der Waals surface area contributed by atoms with Crippen molar-refractivity contribution in [2.24, 2.45) is 0 Å². The van der Waals surface area contributed by atoms with E-state index in [1.165, 1.54) is 10.4 Å². The quantitative estimate of drug-likeness (QED) is 0.613. The molecule has 1 fully saturated rings. The number of allylic oxidation sites excluding steroid dienone is 1. The summed E-state index contributed by atoms with van der Waals surface area (Å²) in [5.74, 6) is 0. The van der Waals surface area contributed by atoms with Crippen LogP contribution in [-0.4, -0.2) is 14.9 Å². The fraction of sp³-hybridized carbons (Fsp3) is 0.176. The molecule has 1 aliphatic heterocycles. The Balaban J connectivity index is 2.19. The van der Waals surface area contributed by atoms with E-state index in [2.05, 4.69) is 73.3 Å². The van der Waals surface area contributed by atoms with Gasteiger partial charge in [0.1, 0.15) is 0 Å². The Morgan fingerprint density at radius 2 is 1.47 bits per heavy atom. The second-order valence-corrected chi connectivity index (χ2v) is 8.60. The highest BCUT2D eigenvalue weighted by molar-refractivity contribution is 6.99. The molecule has 0 saturated carbocycles. The van der Waals surface area contributed by atoms with Gasteiger partial charge in [0.05, 0.1) is 0 Å². The van der Waals surface area contributed by atoms with Gasteiger partial charge in [-0.05, 0) is 16.8 Å². The average molecular weight is 266 g/mol. The molecule has 96 valence electrons. The molecule has 2 heteroatoms. The van der Waals surface area contributed by atoms with Crippen LogP contribution in [0.4, 0.5) is 0 Å². The molecule has 19 heavy (non-hydrogen) atoms. The maximum atomic E-state index is 6.38. The zero-order chi connectivity index (χ0) is 13.1. The Hall–Kier alpha value is -1.64. The van der Waals surface area contributed by atoms with E-state index >= 15 is 0 Å². The molecule has 0 spiro atoms. The highest BCUT2D eigenvalue weighted by atomic mass is 28.4. The van der Waals surface area contributed by atoms with Gasteiger partial charge in [-0.2, -0.15) is 0 Å². The van der Waals surface area contributed by atoms with Crippen LogP contribution >= 0.6 is 0 Å². The Kier molecular flexibility index (Phi) is 3.36. The van der Waals surface area contributed by atoms with Gasteiger partial charge in [-0.25, -0.2) is 0 Å². The van der Waals surface area contributed by atoms with Crippen LogP contribution in [0.3, 0.4) is 0 Å². The average Bonchev–Trinajstić information content (AvgIpc) is 2.94. The summed E-state index contributed by atoms with van der Waals surface area (Å²) in [6.45, 7) is 4.88. The van der Waals surface area contributed by atoms with Crippen LogP contribution in [-0.2, 0) is 4.43 Å². The van der Waals surface area contributed by atoms with E-state index in [0.717, 1.165) is 13.0 Å². The molecule has 0 N–H and O–H groups in total. The summed E-state index contributed by atoms with van der Waals surface area (Å²) >= 11 is 0. The van der Waals surface area contributed by atoms with Crippen molar-refractivity contribution in [1.29, 1.82) is 0 Å². The highest BCUT2D eigenvalue weighted by Crippen LogP contribution is 2.33. The van der Waals surface area contributed by atoms with E-state index in [4.69, 9.17) is 4.43 Å². The molecule has 1 unspecified atom stereocenters. The smallest absolute Gasteiger partial charge is 0.262 e. The lowest BCUT2D eigenvalue weighted by atomic mass is 10.3. The molecule has 0 aliphatic carbocycles. The van der Waals surface area contributed by atoms with Crippen molar-refractivity contribution in [2.75, 3.05) is 6.61 Å². The van der Waals surface area contributed by atoms with Crippen molar-refractivity contribution in [3.05, 3.63) is 73.3 Å². The Labute approximate surface area is 115 Å². The van der Waals surface area contributed by atoms with Gasteiger partial charge in [-0.15, -0.1) is 6.58 Å². The summed E-state index contributed by atoms with van der Waals surface area (Å²) in [6.07, 6.45) is 3.18. The van der Waals surface area contributed by atoms with E-state index in [9.17, 15) is 0 Å². The zero-order valence-electron chi connectivity index (χ0n) is 11.0. The first-order chi connectivity index (χ1) is 9.38. The van der Waals surface area contributed by atoms with Gasteiger partial charge in [0.15, 0.2) is 0 Å². The third-order valence-corrected chi connectivity index (χ3v) is 8.58. The van der Waals surface area contributed by atoms with Gasteiger partial charge in [-0.3, -0.25) is 0 Å². The standard InChI is InChI=1S/C17H18OSi/c1-2-15-13-14-18-19(15,16-9-5-3-6-10-16)17-11-7-4-8-12-17/h2-12,15H,1,13-14H2. The summed E-state index contributed by atoms with van der Waals surface area (Å²) in [6, 6.07) is 21.4. The Morgan fingerprint density at radius 3 is 1.95 bits per heavy atom. The summed E-state index contributed by atoms with van der Waals surface area (Å²) in [7, 11) is -2.13. The van der Waals surface area contributed by atoms with E-state index < -0.39 is 8.32 Å². The van der Waals surface area contributed by atoms with Crippen LogP contribution in [0.15, 0.2) is 73.3 Å². The topological polar surface area (TPSA) is 9.23 Å². The van der Waals surface area contributed by atoms with Crippen LogP contribution in [0.5, 0.6) is 0 Å². The molecule has 2 aromatic rings. The van der Waals surface area contributed by atoms with Gasteiger partial charge in [0.25, 0.3) is 8.32 Å². The molecular weight excluding hydrogens is 248 g/mol. The molecule has 1 heterocycles. The molecular formula is C17H18OSi. The van der Waals surface area contributed by atoms with Crippen LogP contribution < -0.4 is 10.4 Å². The second kappa shape index (κ2) is 5.15. The summed E-state index contributed by atoms with van der Waals surface area (Å²) in [4.78, 5) is 0. The fourth-order valence-corrected chi connectivity index (χ4v) is 7.48. The second-order valence-electron chi connectivity index (χ2n) is 4.95. The number of benzene rings is 2. The SMILES string of the molecule is C=CC1CCO[Si]1(c1ccccc1)c1ccccc1. The van der Waals surface area contributed by atoms with Crippen molar-refractivity contribution in [3.8, 4) is 0 Å². The first-order valence-corrected chi connectivity index (χ1v) is 8.74. The van der Waals surface area contributed by atoms with Crippen molar-refractivity contribution >= 4 is 18.7 Å². The highest BCUT2D eigenvalue weighted by Gasteiger charge is 2.49. The lowest BCUT2D eigenvalue weighted by Crippen LogP contribution is -2.60. The van der Waals surface area contributed by atoms with Crippen molar-refractivity contribution in [1.82, 2.24) is 0 Å². The molecule has 1 atom stereocenters. The molecule has 1 saturated heterocycles. The number of rotatable bonds is 3. The van der Waals surface area contributed by atoms with Gasteiger partial charge in [-0.1, -0.05) is 66.7 Å². The molecule has 0 amide bonds. The van der Waals surface area contributed by atoms with Crippen LogP contribution in [0.25, 0.3) is 0 Å². The largest absolute Gasteiger partial charge is 0.407 e. The maximum absolute atomic E-state index is 6.38. The van der Waals surface area contributed by atoms with Crippen LogP contribution in [0.1, 0.15) is 6.42 Å². The first-order valence-electron chi connectivity index (χ1n) is 6.75. The van der Waals surface area contributed by atoms with Crippen molar-refractivity contribution < 1.29 is 4.43 Å². The fourth-order valence-electron chi connectivity index (χ4n) is 3.07. The number of hydrogen-bond acceptors (Lipinski definition) is 1. The third kappa shape index (κ3) is 1.97. The normalized spacial score (nSPS) is 21.2. The summed E-state index contributed by atoms with van der Waals surface area (Å²) < 4.78 is 6.38. The Bertz CT molecular complexity index is 510. The predicted octanol–water partition coefficient (Wildman–Crippen LogP) is 2.72. The molecule has 0 bridgehead atoms. The minimum atomic E-state index is -2.13. The predicted molar refractivity (Wildman–Crippen MR) is 82.4 cm³/mol. The monoisotopic (exact) mass is 266 g/mol. The van der Waals surface area contributed by atoms with Gasteiger partial charge < -0.3 is 4.43 Å². The van der Waals surface area contributed by atoms with Crippen LogP contribution in [0.2, 0.25) is 5.54 Å². The first kappa shape index (κ1) is 12.4. The van der Waals surface area contributed by atoms with Crippen LogP contribution in [0, 0.1) is 0 Å². The third-order valence-electron chi connectivity index (χ3n) is 3.97. The van der Waals surface area contributed by atoms with Crippen molar-refractivity contribution in [2.45, 2.75) is 12.0 Å². The zero-order valence-corrected chi connectivity index (χ0v) is 12.0. The lowest BCUT2D eigenvalue weighted by Gasteiger charge is -2.31. The van der Waals surface area contributed by atoms with E-state index in [1.807, 2.05) is 0 Å². The van der Waals surface area contributed by atoms with Gasteiger partial charge in [0.2, 0.25) is 0 Å². The van der Waals surface area contributed by atoms with Crippen molar-refractivity contribution in [3.63, 3.8) is 0 Å². The molecule has 1 nitrogen and oxygen atoms in total. The molecule has 2 aromatic carbocycles. The minimum Gasteiger partial charge on any atom is -0.407 e. The lowest BCUT2D eigenvalue weighted by molar-refractivity contribution is 0.357. The summed E-state index contributed by atoms with van der Waals surface area (Å²) in [5.41, 5.74) is 0.456. The molecule has 3 rings (SSSR count). The molecule has 1 aliphatic rings. The maximum Gasteiger partial charge on any atom is 0.262 e. The van der Waals surface area contributed by atoms with Gasteiger partial charge in [0, 0.05) is 12.1 Å². The molecule has 0 aromatic heterocycles. The van der Waals surface area contributed by atoms with E-state index in [0.29, 0.717) is 5.54 Å². The van der Waals surface area contributed by atoms with E-state index in [-0.39, 0.29) is 0 Å². The van der Waals surface area contributed by atoms with Gasteiger partial charge >= 0.3 is 0 Å². The number of hydrogen-bond donors (Lipinski definition) is 0. The van der Waals surface area contributed by atoms with E-state index in [1.54, 1.807) is 0 Å². The molecule has 0 radical (unpaired) electrons. The minimum absolute atomic E-state index is 0.456. The Morgan fingerprint density at radius 1 is 0.947 bits per heavy atom. The summed E-state index contributed by atoms with van der Waals surface area (Å²) in [5, 5.41) is 2.70.